The molecule has 0 spiro atoms. The van der Waals surface area contributed by atoms with E-state index >= 15 is 0 Å². The fourth-order valence-corrected chi connectivity index (χ4v) is 4.95. The van der Waals surface area contributed by atoms with Gasteiger partial charge in [0.25, 0.3) is 0 Å². The summed E-state index contributed by atoms with van der Waals surface area (Å²) in [5, 5.41) is 42.8. The van der Waals surface area contributed by atoms with Crippen molar-refractivity contribution < 1.29 is 25.2 Å². The molecule has 5 N–H and O–H groups in total. The van der Waals surface area contributed by atoms with Crippen LogP contribution in [0.1, 0.15) is 62.5 Å². The van der Waals surface area contributed by atoms with E-state index in [-0.39, 0.29) is 13.2 Å². The Bertz CT molecular complexity index is 756. The number of benzene rings is 1. The summed E-state index contributed by atoms with van der Waals surface area (Å²) < 4.78 is 5.52. The number of nitrogens with zero attached hydrogens (tertiary/aromatic N) is 1. The Kier molecular flexibility index (Phi) is 10.6. The Morgan fingerprint density at radius 3 is 2.58 bits per heavy atom. The fourth-order valence-electron chi connectivity index (χ4n) is 4.95. The van der Waals surface area contributed by atoms with Crippen LogP contribution in [0.5, 0.6) is 5.75 Å². The van der Waals surface area contributed by atoms with Crippen LogP contribution >= 0.6 is 0 Å². The molecule has 3 rings (SSSR count). The molecule has 1 aromatic rings. The van der Waals surface area contributed by atoms with Gasteiger partial charge in [0.1, 0.15) is 18.0 Å². The summed E-state index contributed by atoms with van der Waals surface area (Å²) in [5.74, 6) is 0.914. The van der Waals surface area contributed by atoms with Crippen LogP contribution in [0.15, 0.2) is 24.3 Å². The molecule has 1 fully saturated rings. The van der Waals surface area contributed by atoms with Crippen LogP contribution in [0.25, 0.3) is 5.57 Å². The summed E-state index contributed by atoms with van der Waals surface area (Å²) in [7, 11) is 1.72. The second-order valence-electron chi connectivity index (χ2n) is 9.43. The summed E-state index contributed by atoms with van der Waals surface area (Å²) in [6.07, 6.45) is 8.10. The number of β-amino-alcohol motifs (C(OH)–C–C–N with tert-alkyl or cyclic N) is 1. The zero-order valence-corrected chi connectivity index (χ0v) is 20.0. The number of aliphatic hydroxyl groups is 4. The minimum Gasteiger partial charge on any atom is -0.497 e. The van der Waals surface area contributed by atoms with E-state index in [0.717, 1.165) is 50.9 Å². The zero-order chi connectivity index (χ0) is 23.6. The quantitative estimate of drug-likeness (QED) is 0.303. The minimum atomic E-state index is -1.19. The smallest absolute Gasteiger partial charge is 0.119 e. The topological polar surface area (TPSA) is 105 Å². The van der Waals surface area contributed by atoms with E-state index in [1.165, 1.54) is 36.0 Å². The largest absolute Gasteiger partial charge is 0.497 e. The van der Waals surface area contributed by atoms with Crippen LogP contribution < -0.4 is 10.1 Å². The zero-order valence-electron chi connectivity index (χ0n) is 20.0. The summed E-state index contributed by atoms with van der Waals surface area (Å²) in [6.45, 7) is 2.52. The summed E-state index contributed by atoms with van der Waals surface area (Å²) in [5.41, 5.74) is 3.97. The van der Waals surface area contributed by atoms with Crippen molar-refractivity contribution in [2.75, 3.05) is 33.4 Å². The van der Waals surface area contributed by atoms with Gasteiger partial charge in [-0.05, 0) is 86.5 Å². The van der Waals surface area contributed by atoms with Gasteiger partial charge in [0.2, 0.25) is 0 Å². The number of allylic oxidation sites excluding steroid dienone is 2. The number of hydrogen-bond donors (Lipinski definition) is 5. The molecule has 1 heterocycles. The molecule has 2 aliphatic rings. The van der Waals surface area contributed by atoms with Crippen molar-refractivity contribution in [2.24, 2.45) is 0 Å². The highest BCUT2D eigenvalue weighted by atomic mass is 16.5. The minimum absolute atomic E-state index is 0.224. The Morgan fingerprint density at radius 1 is 1.03 bits per heavy atom. The Hall–Kier alpha value is -1.48. The summed E-state index contributed by atoms with van der Waals surface area (Å²) in [4.78, 5) is 1.89. The highest BCUT2D eigenvalue weighted by Crippen LogP contribution is 2.30. The number of unbranched alkanes of at least 4 members (excludes halogenated alkanes) is 3. The van der Waals surface area contributed by atoms with Crippen molar-refractivity contribution in [1.82, 2.24) is 10.2 Å². The van der Waals surface area contributed by atoms with E-state index in [1.807, 2.05) is 4.90 Å². The number of methoxy groups -OCH3 is 1. The lowest BCUT2D eigenvalue weighted by molar-refractivity contribution is -0.145. The van der Waals surface area contributed by atoms with E-state index in [0.29, 0.717) is 6.54 Å². The van der Waals surface area contributed by atoms with Gasteiger partial charge in [0.05, 0.1) is 25.9 Å². The molecule has 1 saturated heterocycles. The maximum absolute atomic E-state index is 10.1. The predicted octanol–water partition coefficient (Wildman–Crippen LogP) is 2.06. The molecule has 1 aromatic carbocycles. The van der Waals surface area contributed by atoms with Gasteiger partial charge in [-0.1, -0.05) is 18.9 Å². The lowest BCUT2D eigenvalue weighted by atomic mass is 9.92. The highest BCUT2D eigenvalue weighted by Gasteiger charge is 2.40. The number of ether oxygens (including phenoxy) is 1. The molecule has 0 bridgehead atoms. The maximum atomic E-state index is 10.1. The first kappa shape index (κ1) is 26.1. The van der Waals surface area contributed by atoms with E-state index < -0.39 is 24.4 Å². The molecule has 1 aliphatic carbocycles. The first-order valence-corrected chi connectivity index (χ1v) is 12.5. The summed E-state index contributed by atoms with van der Waals surface area (Å²) in [6, 6.07) is 6.02. The van der Waals surface area contributed by atoms with Gasteiger partial charge in [-0.25, -0.2) is 0 Å². The lowest BCUT2D eigenvalue weighted by Gasteiger charge is -2.43. The molecule has 4 atom stereocenters. The standard InChI is InChI=1S/C26H42N2O5/c1-33-22-14-19(13-21(15-22)20-9-5-4-6-10-20)16-27-11-7-2-3-8-12-28-17-24(30)26(32)25(31)23(28)18-29/h9,13-15,23-27,29-32H,2-8,10-12,16-18H2,1H3/t23-,24+,25-,26-/m1/s1. The van der Waals surface area contributed by atoms with Gasteiger partial charge in [0.15, 0.2) is 0 Å². The van der Waals surface area contributed by atoms with E-state index in [2.05, 4.69) is 29.6 Å². The van der Waals surface area contributed by atoms with Crippen molar-refractivity contribution in [1.29, 1.82) is 0 Å². The van der Waals surface area contributed by atoms with Crippen LogP contribution in [0.3, 0.4) is 0 Å². The number of likely N-dealkylation sites (tertiary alicyclic amines) is 1. The van der Waals surface area contributed by atoms with Gasteiger partial charge < -0.3 is 30.5 Å². The highest BCUT2D eigenvalue weighted by molar-refractivity contribution is 5.68. The van der Waals surface area contributed by atoms with Gasteiger partial charge in [-0.3, -0.25) is 4.90 Å². The average Bonchev–Trinajstić information content (AvgIpc) is 2.84. The molecular weight excluding hydrogens is 420 g/mol. The molecule has 186 valence electrons. The Morgan fingerprint density at radius 2 is 1.85 bits per heavy atom. The number of nitrogens with one attached hydrogen (secondary N) is 1. The first-order valence-electron chi connectivity index (χ1n) is 12.5. The van der Waals surface area contributed by atoms with E-state index in [4.69, 9.17) is 4.74 Å². The molecule has 7 heteroatoms. The fraction of sp³-hybridized carbons (Fsp3) is 0.692. The molecule has 1 aliphatic heterocycles. The normalized spacial score (nSPS) is 26.3. The lowest BCUT2D eigenvalue weighted by Crippen LogP contribution is -2.62. The molecule has 0 aromatic heterocycles. The number of aliphatic hydroxyl groups excluding tert-OH is 4. The van der Waals surface area contributed by atoms with Crippen LogP contribution in [-0.4, -0.2) is 83.0 Å². The van der Waals surface area contributed by atoms with Gasteiger partial charge >= 0.3 is 0 Å². The third-order valence-electron chi connectivity index (χ3n) is 6.96. The Labute approximate surface area is 198 Å². The molecule has 0 saturated carbocycles. The van der Waals surface area contributed by atoms with Crippen molar-refractivity contribution in [2.45, 2.75) is 82.3 Å². The van der Waals surface area contributed by atoms with E-state index in [9.17, 15) is 20.4 Å². The van der Waals surface area contributed by atoms with Gasteiger partial charge in [0, 0.05) is 13.1 Å². The second-order valence-corrected chi connectivity index (χ2v) is 9.43. The summed E-state index contributed by atoms with van der Waals surface area (Å²) >= 11 is 0. The van der Waals surface area contributed by atoms with Gasteiger partial charge in [-0.15, -0.1) is 0 Å². The SMILES string of the molecule is COc1cc(CNCCCCCCN2C[C@H](O)[C@@H](O)[C@H](O)[C@H]2CO)cc(C2=CCCCC2)c1. The Balaban J connectivity index is 1.34. The average molecular weight is 463 g/mol. The second kappa shape index (κ2) is 13.4. The van der Waals surface area contributed by atoms with Crippen LogP contribution in [0.4, 0.5) is 0 Å². The monoisotopic (exact) mass is 462 g/mol. The number of piperidine rings is 1. The van der Waals surface area contributed by atoms with Crippen molar-refractivity contribution in [3.8, 4) is 5.75 Å². The molecule has 0 unspecified atom stereocenters. The van der Waals surface area contributed by atoms with Crippen LogP contribution in [0, 0.1) is 0 Å². The molecule has 0 amide bonds. The van der Waals surface area contributed by atoms with Crippen molar-refractivity contribution in [3.63, 3.8) is 0 Å². The van der Waals surface area contributed by atoms with Crippen LogP contribution in [0.2, 0.25) is 0 Å². The first-order chi connectivity index (χ1) is 16.0. The third kappa shape index (κ3) is 7.50. The van der Waals surface area contributed by atoms with Crippen LogP contribution in [-0.2, 0) is 6.54 Å². The van der Waals surface area contributed by atoms with Gasteiger partial charge in [-0.2, -0.15) is 0 Å². The van der Waals surface area contributed by atoms with E-state index in [1.54, 1.807) is 7.11 Å². The number of rotatable bonds is 12. The van der Waals surface area contributed by atoms with Crippen molar-refractivity contribution in [3.05, 3.63) is 35.4 Å². The molecular formula is C26H42N2O5. The molecule has 33 heavy (non-hydrogen) atoms. The number of hydrogen-bond acceptors (Lipinski definition) is 7. The maximum Gasteiger partial charge on any atom is 0.119 e. The van der Waals surface area contributed by atoms with Crippen molar-refractivity contribution >= 4 is 5.57 Å². The predicted molar refractivity (Wildman–Crippen MR) is 130 cm³/mol. The molecule has 7 nitrogen and oxygen atoms in total. The molecule has 0 radical (unpaired) electrons. The third-order valence-corrected chi connectivity index (χ3v) is 6.96.